The number of amidine groups is 1. The summed E-state index contributed by atoms with van der Waals surface area (Å²) in [5.74, 6) is 0.267. The Bertz CT molecular complexity index is 429. The quantitative estimate of drug-likeness (QED) is 0.780. The van der Waals surface area contributed by atoms with E-state index in [4.69, 9.17) is 5.41 Å². The SMILES string of the molecule is COC(=O)CCN1Cc2ccccc2C1=N. The van der Waals surface area contributed by atoms with E-state index >= 15 is 0 Å². The first-order valence-corrected chi connectivity index (χ1v) is 5.21. The molecule has 2 rings (SSSR count). The third kappa shape index (κ3) is 1.91. The molecule has 4 heteroatoms. The van der Waals surface area contributed by atoms with Crippen LogP contribution in [0.5, 0.6) is 0 Å². The number of ether oxygens (including phenoxy) is 1. The van der Waals surface area contributed by atoms with Crippen LogP contribution >= 0.6 is 0 Å². The monoisotopic (exact) mass is 218 g/mol. The minimum absolute atomic E-state index is 0.233. The molecule has 1 aromatic carbocycles. The van der Waals surface area contributed by atoms with Crippen LogP contribution in [0.3, 0.4) is 0 Å². The van der Waals surface area contributed by atoms with E-state index in [-0.39, 0.29) is 5.97 Å². The molecule has 84 valence electrons. The molecule has 0 aromatic heterocycles. The lowest BCUT2D eigenvalue weighted by atomic mass is 10.1. The molecule has 0 spiro atoms. The van der Waals surface area contributed by atoms with E-state index in [2.05, 4.69) is 4.74 Å². The Morgan fingerprint density at radius 1 is 1.50 bits per heavy atom. The van der Waals surface area contributed by atoms with Gasteiger partial charge in [0.2, 0.25) is 0 Å². The van der Waals surface area contributed by atoms with Crippen molar-refractivity contribution < 1.29 is 9.53 Å². The van der Waals surface area contributed by atoms with Crippen molar-refractivity contribution in [3.05, 3.63) is 35.4 Å². The van der Waals surface area contributed by atoms with Gasteiger partial charge in [-0.2, -0.15) is 0 Å². The second-order valence-electron chi connectivity index (χ2n) is 3.75. The first-order chi connectivity index (χ1) is 7.72. The smallest absolute Gasteiger partial charge is 0.307 e. The molecule has 0 saturated heterocycles. The number of hydrogen-bond acceptors (Lipinski definition) is 3. The van der Waals surface area contributed by atoms with Crippen LogP contribution in [0.4, 0.5) is 0 Å². The molecule has 0 saturated carbocycles. The summed E-state index contributed by atoms with van der Waals surface area (Å²) in [6.07, 6.45) is 0.326. The van der Waals surface area contributed by atoms with Gasteiger partial charge in [-0.05, 0) is 5.56 Å². The summed E-state index contributed by atoms with van der Waals surface area (Å²) in [6.45, 7) is 1.26. The Morgan fingerprint density at radius 2 is 2.25 bits per heavy atom. The van der Waals surface area contributed by atoms with Crippen LogP contribution in [0.2, 0.25) is 0 Å². The predicted octanol–water partition coefficient (Wildman–Crippen LogP) is 1.39. The van der Waals surface area contributed by atoms with Crippen molar-refractivity contribution >= 4 is 11.8 Å². The highest BCUT2D eigenvalue weighted by Gasteiger charge is 2.23. The number of fused-ring (bicyclic) bond motifs is 1. The largest absolute Gasteiger partial charge is 0.469 e. The van der Waals surface area contributed by atoms with Crippen LogP contribution in [0.1, 0.15) is 17.5 Å². The molecule has 0 unspecified atom stereocenters. The first-order valence-electron chi connectivity index (χ1n) is 5.21. The summed E-state index contributed by atoms with van der Waals surface area (Å²) in [7, 11) is 1.38. The van der Waals surface area contributed by atoms with Gasteiger partial charge in [-0.25, -0.2) is 0 Å². The maximum Gasteiger partial charge on any atom is 0.307 e. The number of benzene rings is 1. The van der Waals surface area contributed by atoms with Crippen LogP contribution in [-0.4, -0.2) is 30.4 Å². The van der Waals surface area contributed by atoms with E-state index in [0.29, 0.717) is 25.3 Å². The summed E-state index contributed by atoms with van der Waals surface area (Å²) < 4.78 is 4.59. The average Bonchev–Trinajstić information content (AvgIpc) is 2.64. The van der Waals surface area contributed by atoms with Gasteiger partial charge in [-0.3, -0.25) is 10.2 Å². The lowest BCUT2D eigenvalue weighted by molar-refractivity contribution is -0.140. The lowest BCUT2D eigenvalue weighted by Gasteiger charge is -2.16. The molecule has 1 N–H and O–H groups in total. The van der Waals surface area contributed by atoms with E-state index in [1.54, 1.807) is 0 Å². The van der Waals surface area contributed by atoms with Gasteiger partial charge in [-0.15, -0.1) is 0 Å². The van der Waals surface area contributed by atoms with E-state index in [1.807, 2.05) is 29.2 Å². The highest BCUT2D eigenvalue weighted by Crippen LogP contribution is 2.22. The molecule has 0 radical (unpaired) electrons. The number of esters is 1. The Kier molecular flexibility index (Phi) is 2.90. The van der Waals surface area contributed by atoms with Gasteiger partial charge in [0.1, 0.15) is 5.84 Å². The Hall–Kier alpha value is -1.84. The third-order valence-electron chi connectivity index (χ3n) is 2.76. The Labute approximate surface area is 94.3 Å². The van der Waals surface area contributed by atoms with Crippen LogP contribution in [-0.2, 0) is 16.1 Å². The molecule has 1 aliphatic heterocycles. The maximum absolute atomic E-state index is 11.0. The van der Waals surface area contributed by atoms with Crippen molar-refractivity contribution in [2.45, 2.75) is 13.0 Å². The Balaban J connectivity index is 2.02. The van der Waals surface area contributed by atoms with Crippen LogP contribution in [0.15, 0.2) is 24.3 Å². The zero-order valence-electron chi connectivity index (χ0n) is 9.19. The molecule has 1 aliphatic rings. The fourth-order valence-electron chi connectivity index (χ4n) is 1.86. The summed E-state index contributed by atoms with van der Waals surface area (Å²) in [4.78, 5) is 12.9. The zero-order chi connectivity index (χ0) is 11.5. The van der Waals surface area contributed by atoms with Gasteiger partial charge in [0.25, 0.3) is 0 Å². The van der Waals surface area contributed by atoms with Crippen LogP contribution in [0.25, 0.3) is 0 Å². The first kappa shape index (κ1) is 10.7. The predicted molar refractivity (Wildman–Crippen MR) is 60.3 cm³/mol. The number of nitrogens with one attached hydrogen (secondary N) is 1. The Morgan fingerprint density at radius 3 is 2.94 bits per heavy atom. The van der Waals surface area contributed by atoms with Crippen LogP contribution < -0.4 is 0 Å². The molecular weight excluding hydrogens is 204 g/mol. The van der Waals surface area contributed by atoms with E-state index in [0.717, 1.165) is 11.1 Å². The second kappa shape index (κ2) is 4.35. The van der Waals surface area contributed by atoms with Gasteiger partial charge in [0, 0.05) is 18.7 Å². The van der Waals surface area contributed by atoms with Crippen molar-refractivity contribution in [2.24, 2.45) is 0 Å². The van der Waals surface area contributed by atoms with Gasteiger partial charge < -0.3 is 9.64 Å². The van der Waals surface area contributed by atoms with Crippen molar-refractivity contribution in [2.75, 3.05) is 13.7 Å². The van der Waals surface area contributed by atoms with E-state index in [9.17, 15) is 4.79 Å². The topological polar surface area (TPSA) is 53.4 Å². The maximum atomic E-state index is 11.0. The highest BCUT2D eigenvalue weighted by molar-refractivity contribution is 6.00. The number of carbonyl (C=O) groups is 1. The number of carbonyl (C=O) groups excluding carboxylic acids is 1. The zero-order valence-corrected chi connectivity index (χ0v) is 9.19. The summed E-state index contributed by atoms with van der Waals surface area (Å²) in [6, 6.07) is 7.85. The molecule has 0 atom stereocenters. The van der Waals surface area contributed by atoms with Crippen molar-refractivity contribution in [3.63, 3.8) is 0 Å². The third-order valence-corrected chi connectivity index (χ3v) is 2.76. The molecule has 1 aromatic rings. The molecule has 0 bridgehead atoms. The second-order valence-corrected chi connectivity index (χ2v) is 3.75. The molecule has 0 aliphatic carbocycles. The number of hydrogen-bond donors (Lipinski definition) is 1. The van der Waals surface area contributed by atoms with Crippen LogP contribution in [0, 0.1) is 5.41 Å². The number of nitrogens with zero attached hydrogens (tertiary/aromatic N) is 1. The van der Waals surface area contributed by atoms with Crippen molar-refractivity contribution in [1.29, 1.82) is 5.41 Å². The average molecular weight is 218 g/mol. The molecule has 0 fully saturated rings. The molecule has 1 heterocycles. The summed E-state index contributed by atoms with van der Waals surface area (Å²) >= 11 is 0. The lowest BCUT2D eigenvalue weighted by Crippen LogP contribution is -2.26. The number of rotatable bonds is 3. The standard InChI is InChI=1S/C12H14N2O2/c1-16-11(15)6-7-14-8-9-4-2-3-5-10(9)12(14)13/h2-5,13H,6-8H2,1H3. The molecule has 4 nitrogen and oxygen atoms in total. The fraction of sp³-hybridized carbons (Fsp3) is 0.333. The van der Waals surface area contributed by atoms with Gasteiger partial charge in [0.05, 0.1) is 13.5 Å². The summed E-state index contributed by atoms with van der Waals surface area (Å²) in [5.41, 5.74) is 2.12. The highest BCUT2D eigenvalue weighted by atomic mass is 16.5. The van der Waals surface area contributed by atoms with E-state index in [1.165, 1.54) is 7.11 Å². The molecule has 0 amide bonds. The van der Waals surface area contributed by atoms with Crippen molar-refractivity contribution in [3.8, 4) is 0 Å². The molecular formula is C12H14N2O2. The number of methoxy groups -OCH3 is 1. The van der Waals surface area contributed by atoms with E-state index < -0.39 is 0 Å². The van der Waals surface area contributed by atoms with Gasteiger partial charge in [-0.1, -0.05) is 24.3 Å². The molecule has 16 heavy (non-hydrogen) atoms. The van der Waals surface area contributed by atoms with Gasteiger partial charge in [0.15, 0.2) is 0 Å². The minimum atomic E-state index is -0.233. The normalized spacial score (nSPS) is 13.8. The minimum Gasteiger partial charge on any atom is -0.469 e. The summed E-state index contributed by atoms with van der Waals surface area (Å²) in [5, 5.41) is 7.96. The van der Waals surface area contributed by atoms with Gasteiger partial charge >= 0.3 is 5.97 Å². The fourth-order valence-corrected chi connectivity index (χ4v) is 1.86. The van der Waals surface area contributed by atoms with Crippen molar-refractivity contribution in [1.82, 2.24) is 4.90 Å².